The minimum Gasteiger partial charge on any atom is -0.495 e. The van der Waals surface area contributed by atoms with Crippen LogP contribution >= 0.6 is 0 Å². The van der Waals surface area contributed by atoms with Gasteiger partial charge in [0.15, 0.2) is 0 Å². The van der Waals surface area contributed by atoms with Crippen LogP contribution in [0, 0.1) is 0 Å². The molecular weight excluding hydrogens is 288 g/mol. The zero-order valence-electron chi connectivity index (χ0n) is 13.4. The van der Waals surface area contributed by atoms with E-state index >= 15 is 0 Å². The fraction of sp³-hybridized carbons (Fsp3) is 0.316. The van der Waals surface area contributed by atoms with Crippen LogP contribution in [0.3, 0.4) is 0 Å². The molecular formula is C19H22N2O2. The summed E-state index contributed by atoms with van der Waals surface area (Å²) in [5, 5.41) is 2.90. The van der Waals surface area contributed by atoms with Crippen molar-refractivity contribution in [3.05, 3.63) is 59.7 Å². The first kappa shape index (κ1) is 15.6. The topological polar surface area (TPSA) is 41.6 Å². The van der Waals surface area contributed by atoms with Crippen molar-refractivity contribution in [2.45, 2.75) is 19.4 Å². The zero-order chi connectivity index (χ0) is 16.1. The van der Waals surface area contributed by atoms with Crippen molar-refractivity contribution in [1.82, 2.24) is 4.90 Å². The zero-order valence-corrected chi connectivity index (χ0v) is 13.4. The molecule has 0 saturated carbocycles. The van der Waals surface area contributed by atoms with Gasteiger partial charge in [-0.2, -0.15) is 0 Å². The maximum absolute atomic E-state index is 12.4. The van der Waals surface area contributed by atoms with E-state index in [2.05, 4.69) is 10.2 Å². The second-order valence-electron chi connectivity index (χ2n) is 5.83. The van der Waals surface area contributed by atoms with Gasteiger partial charge in [-0.05, 0) is 55.8 Å². The summed E-state index contributed by atoms with van der Waals surface area (Å²) >= 11 is 0. The minimum absolute atomic E-state index is 0.123. The van der Waals surface area contributed by atoms with E-state index in [0.717, 1.165) is 6.54 Å². The fourth-order valence-corrected chi connectivity index (χ4v) is 2.90. The van der Waals surface area contributed by atoms with Gasteiger partial charge in [0.2, 0.25) is 0 Å². The van der Waals surface area contributed by atoms with Crippen LogP contribution in [0.25, 0.3) is 0 Å². The van der Waals surface area contributed by atoms with E-state index in [4.69, 9.17) is 4.74 Å². The minimum atomic E-state index is -0.123. The molecule has 0 aromatic heterocycles. The first-order valence-corrected chi connectivity index (χ1v) is 8.02. The number of hydrogen-bond donors (Lipinski definition) is 1. The molecule has 1 heterocycles. The number of carbonyl (C=O) groups excluding carboxylic acids is 1. The molecule has 1 amide bonds. The summed E-state index contributed by atoms with van der Waals surface area (Å²) in [4.78, 5) is 14.8. The van der Waals surface area contributed by atoms with Crippen LogP contribution in [0.4, 0.5) is 5.69 Å². The summed E-state index contributed by atoms with van der Waals surface area (Å²) in [6.07, 6.45) is 2.58. The van der Waals surface area contributed by atoms with Gasteiger partial charge in [-0.3, -0.25) is 9.69 Å². The molecule has 1 aliphatic rings. The van der Waals surface area contributed by atoms with Crippen molar-refractivity contribution < 1.29 is 9.53 Å². The number of rotatable bonds is 5. The largest absolute Gasteiger partial charge is 0.495 e. The summed E-state index contributed by atoms with van der Waals surface area (Å²) in [6, 6.07) is 15.3. The van der Waals surface area contributed by atoms with Crippen molar-refractivity contribution in [2.24, 2.45) is 0 Å². The van der Waals surface area contributed by atoms with Gasteiger partial charge in [-0.15, -0.1) is 0 Å². The lowest BCUT2D eigenvalue weighted by molar-refractivity contribution is 0.102. The average molecular weight is 310 g/mol. The summed E-state index contributed by atoms with van der Waals surface area (Å²) in [7, 11) is 1.60. The first-order valence-electron chi connectivity index (χ1n) is 8.02. The molecule has 1 N–H and O–H groups in total. The second-order valence-corrected chi connectivity index (χ2v) is 5.83. The first-order chi connectivity index (χ1) is 11.3. The van der Waals surface area contributed by atoms with E-state index in [1.807, 2.05) is 48.5 Å². The number of hydrogen-bond acceptors (Lipinski definition) is 3. The lowest BCUT2D eigenvalue weighted by Gasteiger charge is -2.14. The van der Waals surface area contributed by atoms with E-state index in [-0.39, 0.29) is 5.91 Å². The molecule has 0 atom stereocenters. The van der Waals surface area contributed by atoms with Crippen LogP contribution < -0.4 is 10.1 Å². The number of amides is 1. The highest BCUT2D eigenvalue weighted by molar-refractivity contribution is 6.05. The van der Waals surface area contributed by atoms with Gasteiger partial charge in [-0.25, -0.2) is 0 Å². The fourth-order valence-electron chi connectivity index (χ4n) is 2.90. The lowest BCUT2D eigenvalue weighted by Crippen LogP contribution is -2.18. The Balaban J connectivity index is 1.65. The van der Waals surface area contributed by atoms with E-state index in [9.17, 15) is 4.79 Å². The molecule has 0 aliphatic carbocycles. The Kier molecular flexibility index (Phi) is 4.93. The van der Waals surface area contributed by atoms with E-state index in [1.54, 1.807) is 7.11 Å². The van der Waals surface area contributed by atoms with Gasteiger partial charge in [0.05, 0.1) is 12.8 Å². The Bertz CT molecular complexity index is 661. The SMILES string of the molecule is COc1ccccc1NC(=O)c1ccc(CN2CCCC2)cc1. The van der Waals surface area contributed by atoms with Gasteiger partial charge in [0.25, 0.3) is 5.91 Å². The van der Waals surface area contributed by atoms with Gasteiger partial charge < -0.3 is 10.1 Å². The molecule has 3 rings (SSSR count). The molecule has 0 bridgehead atoms. The van der Waals surface area contributed by atoms with Gasteiger partial charge in [-0.1, -0.05) is 24.3 Å². The highest BCUT2D eigenvalue weighted by Gasteiger charge is 2.13. The number of para-hydroxylation sites is 2. The molecule has 2 aromatic carbocycles. The summed E-state index contributed by atoms with van der Waals surface area (Å²) in [5.41, 5.74) is 2.59. The van der Waals surface area contributed by atoms with Crippen LogP contribution in [0.15, 0.2) is 48.5 Å². The standard InChI is InChI=1S/C19H22N2O2/c1-23-18-7-3-2-6-17(18)20-19(22)16-10-8-15(9-11-16)14-21-12-4-5-13-21/h2-3,6-11H,4-5,12-14H2,1H3,(H,20,22). The Morgan fingerprint density at radius 1 is 1.09 bits per heavy atom. The number of carbonyl (C=O) groups is 1. The molecule has 1 saturated heterocycles. The van der Waals surface area contributed by atoms with Crippen LogP contribution in [0.5, 0.6) is 5.75 Å². The maximum atomic E-state index is 12.4. The van der Waals surface area contributed by atoms with E-state index < -0.39 is 0 Å². The molecule has 0 spiro atoms. The number of methoxy groups -OCH3 is 1. The predicted molar refractivity (Wildman–Crippen MR) is 91.9 cm³/mol. The molecule has 0 radical (unpaired) electrons. The summed E-state index contributed by atoms with van der Waals surface area (Å²) in [6.45, 7) is 3.32. The monoisotopic (exact) mass is 310 g/mol. The van der Waals surface area contributed by atoms with Crippen LogP contribution in [0.1, 0.15) is 28.8 Å². The number of likely N-dealkylation sites (tertiary alicyclic amines) is 1. The van der Waals surface area contributed by atoms with Gasteiger partial charge >= 0.3 is 0 Å². The van der Waals surface area contributed by atoms with E-state index in [0.29, 0.717) is 17.0 Å². The maximum Gasteiger partial charge on any atom is 0.255 e. The molecule has 4 nitrogen and oxygen atoms in total. The third-order valence-electron chi connectivity index (χ3n) is 4.18. The predicted octanol–water partition coefficient (Wildman–Crippen LogP) is 3.54. The Morgan fingerprint density at radius 2 is 1.78 bits per heavy atom. The average Bonchev–Trinajstić information content (AvgIpc) is 3.09. The van der Waals surface area contributed by atoms with Crippen LogP contribution in [0.2, 0.25) is 0 Å². The lowest BCUT2D eigenvalue weighted by atomic mass is 10.1. The normalized spacial score (nSPS) is 14.7. The molecule has 2 aromatic rings. The highest BCUT2D eigenvalue weighted by Crippen LogP contribution is 2.23. The van der Waals surface area contributed by atoms with Crippen molar-refractivity contribution in [3.8, 4) is 5.75 Å². The molecule has 1 aliphatic heterocycles. The number of nitrogens with zero attached hydrogens (tertiary/aromatic N) is 1. The number of anilines is 1. The number of benzene rings is 2. The Labute approximate surface area is 137 Å². The third kappa shape index (κ3) is 3.90. The van der Waals surface area contributed by atoms with Gasteiger partial charge in [0, 0.05) is 12.1 Å². The van der Waals surface area contributed by atoms with E-state index in [1.165, 1.54) is 31.5 Å². The molecule has 120 valence electrons. The highest BCUT2D eigenvalue weighted by atomic mass is 16.5. The number of nitrogens with one attached hydrogen (secondary N) is 1. The van der Waals surface area contributed by atoms with Crippen molar-refractivity contribution in [2.75, 3.05) is 25.5 Å². The third-order valence-corrected chi connectivity index (χ3v) is 4.18. The van der Waals surface area contributed by atoms with Gasteiger partial charge in [0.1, 0.15) is 5.75 Å². The van der Waals surface area contributed by atoms with Crippen LogP contribution in [-0.2, 0) is 6.54 Å². The Morgan fingerprint density at radius 3 is 2.48 bits per heavy atom. The Hall–Kier alpha value is -2.33. The summed E-state index contributed by atoms with van der Waals surface area (Å²) < 4.78 is 5.26. The second kappa shape index (κ2) is 7.29. The summed E-state index contributed by atoms with van der Waals surface area (Å²) in [5.74, 6) is 0.536. The molecule has 4 heteroatoms. The van der Waals surface area contributed by atoms with Crippen molar-refractivity contribution in [3.63, 3.8) is 0 Å². The number of ether oxygens (including phenoxy) is 1. The molecule has 0 unspecified atom stereocenters. The van der Waals surface area contributed by atoms with Crippen molar-refractivity contribution >= 4 is 11.6 Å². The smallest absolute Gasteiger partial charge is 0.255 e. The molecule has 23 heavy (non-hydrogen) atoms. The quantitative estimate of drug-likeness (QED) is 0.918. The molecule has 1 fully saturated rings. The van der Waals surface area contributed by atoms with Crippen LogP contribution in [-0.4, -0.2) is 31.0 Å². The van der Waals surface area contributed by atoms with Crippen molar-refractivity contribution in [1.29, 1.82) is 0 Å².